The summed E-state index contributed by atoms with van der Waals surface area (Å²) in [5.74, 6) is -7.43. The highest BCUT2D eigenvalue weighted by Gasteiger charge is 2.37. The van der Waals surface area contributed by atoms with E-state index in [1.807, 2.05) is 24.3 Å². The molecule has 74 heavy (non-hydrogen) atoms. The first kappa shape index (κ1) is 58.2. The quantitative estimate of drug-likeness (QED) is 0.0405. The van der Waals surface area contributed by atoms with Crippen LogP contribution in [0.1, 0.15) is 49.8 Å². The summed E-state index contributed by atoms with van der Waals surface area (Å²) in [4.78, 5) is 116. The number of aromatic amines is 1. The number of nitrogens with one attached hydrogen (secondary N) is 9. The second kappa shape index (κ2) is 28.7. The monoisotopic (exact) mass is 1060 g/mol. The molecule has 400 valence electrons. The fraction of sp³-hybridized carbons (Fsp3) is 0.440. The van der Waals surface area contributed by atoms with Crippen molar-refractivity contribution in [2.75, 3.05) is 25.1 Å². The van der Waals surface area contributed by atoms with E-state index in [-0.39, 0.29) is 49.5 Å². The van der Waals surface area contributed by atoms with Crippen LogP contribution in [0.15, 0.2) is 85.1 Å². The predicted octanol–water partition coefficient (Wildman–Crippen LogP) is -1.35. The van der Waals surface area contributed by atoms with Gasteiger partial charge < -0.3 is 74.3 Å². The number of aromatic nitrogens is 1. The van der Waals surface area contributed by atoms with Gasteiger partial charge in [-0.1, -0.05) is 82.3 Å². The summed E-state index contributed by atoms with van der Waals surface area (Å²) in [6.07, 6.45) is -0.580. The van der Waals surface area contributed by atoms with E-state index in [4.69, 9.17) is 11.5 Å². The molecule has 0 bridgehead atoms. The zero-order valence-electron chi connectivity index (χ0n) is 41.3. The molecule has 4 aromatic rings. The van der Waals surface area contributed by atoms with Crippen LogP contribution >= 0.6 is 21.6 Å². The van der Waals surface area contributed by atoms with Crippen LogP contribution in [0, 0.1) is 0 Å². The zero-order chi connectivity index (χ0) is 53.9. The van der Waals surface area contributed by atoms with Crippen LogP contribution in [0.25, 0.3) is 10.9 Å². The molecule has 8 amide bonds. The summed E-state index contributed by atoms with van der Waals surface area (Å²) in [6, 6.07) is 11.1. The number of amides is 8. The van der Waals surface area contributed by atoms with Crippen molar-refractivity contribution in [2.45, 2.75) is 113 Å². The minimum absolute atomic E-state index is 0.00651. The number of hydrogen-bond acceptors (Lipinski definition) is 15. The molecule has 24 heteroatoms. The Labute approximate surface area is 436 Å². The van der Waals surface area contributed by atoms with Gasteiger partial charge in [0.1, 0.15) is 48.0 Å². The standard InChI is InChI=1S/C50H67N11O11S2/c1-27(62)41(43(52)65)60-49(71)40-26-74-73-25-39(58-45(67)36(53-3)21-30-16-18-32(64)19-17-30)48(70)56-37(22-29-11-5-4-6-12-29)46(68)57-38(23-31-24-54-34-14-8-7-13-33(31)34)47(69)55-35(15-9-10-20-51)44(66)61-42(28(2)63)50(72)59-40/h4-8,11-14,16-19,24,27-28,35-42,53-54,62-64H,9-10,15,20-23,25-26,51H2,1-3H3,(H2,52,65)(H,55,69)(H,56,70)(H,57,68)(H,58,67)(H,59,72)(H,60,71)(H,61,66)/t27-,28-,35+,36+,37+,38-,39+,40+,41+,42+/m1/s1. The van der Waals surface area contributed by atoms with Crippen LogP contribution in [-0.2, 0) is 57.6 Å². The van der Waals surface area contributed by atoms with Crippen LogP contribution in [-0.4, -0.2) is 153 Å². The van der Waals surface area contributed by atoms with Gasteiger partial charge in [0, 0.05) is 41.4 Å². The molecule has 1 fully saturated rings. The van der Waals surface area contributed by atoms with Gasteiger partial charge in [-0.2, -0.15) is 0 Å². The number of nitrogens with two attached hydrogens (primary N) is 2. The van der Waals surface area contributed by atoms with E-state index in [1.165, 1.54) is 26.0 Å². The van der Waals surface area contributed by atoms with Crippen molar-refractivity contribution in [3.63, 3.8) is 0 Å². The summed E-state index contributed by atoms with van der Waals surface area (Å²) in [5, 5.41) is 53.3. The van der Waals surface area contributed by atoms with E-state index in [1.54, 1.807) is 55.7 Å². The van der Waals surface area contributed by atoms with E-state index in [0.29, 0.717) is 29.5 Å². The number of rotatable bonds is 18. The van der Waals surface area contributed by atoms with E-state index in [2.05, 4.69) is 47.5 Å². The molecule has 0 saturated carbocycles. The van der Waals surface area contributed by atoms with E-state index < -0.39 is 108 Å². The molecule has 1 aliphatic rings. The van der Waals surface area contributed by atoms with Gasteiger partial charge in [0.2, 0.25) is 47.3 Å². The fourth-order valence-corrected chi connectivity index (χ4v) is 10.4. The number of hydrogen-bond donors (Lipinski definition) is 14. The van der Waals surface area contributed by atoms with Crippen molar-refractivity contribution in [3.8, 4) is 5.75 Å². The van der Waals surface area contributed by atoms with Gasteiger partial charge in [0.25, 0.3) is 0 Å². The number of likely N-dealkylation sites (N-methyl/N-ethyl adjacent to an activating group) is 1. The number of aromatic hydroxyl groups is 1. The summed E-state index contributed by atoms with van der Waals surface area (Å²) in [5.41, 5.74) is 14.0. The maximum Gasteiger partial charge on any atom is 0.245 e. The van der Waals surface area contributed by atoms with Gasteiger partial charge in [0.05, 0.1) is 18.2 Å². The Hall–Kier alpha value is -6.70. The number of fused-ring (bicyclic) bond motifs is 1. The lowest BCUT2D eigenvalue weighted by Crippen LogP contribution is -2.62. The molecule has 0 radical (unpaired) electrons. The smallest absolute Gasteiger partial charge is 0.245 e. The van der Waals surface area contributed by atoms with Crippen molar-refractivity contribution in [3.05, 3.63) is 102 Å². The Bertz CT molecular complexity index is 2550. The number of carbonyl (C=O) groups is 8. The highest BCUT2D eigenvalue weighted by molar-refractivity contribution is 8.76. The minimum atomic E-state index is -1.72. The highest BCUT2D eigenvalue weighted by atomic mass is 33.1. The Kier molecular flexibility index (Phi) is 22.5. The van der Waals surface area contributed by atoms with Gasteiger partial charge in [-0.05, 0) is 88.0 Å². The lowest BCUT2D eigenvalue weighted by Gasteiger charge is -2.29. The molecular weight excluding hydrogens is 995 g/mol. The van der Waals surface area contributed by atoms with E-state index in [9.17, 15) is 53.7 Å². The molecule has 3 aromatic carbocycles. The SMILES string of the molecule is CN[C@@H](Cc1ccc(O)cc1)C(=O)N[C@H]1CSSC[C@@H](C(=O)N[C@H](C(N)=O)[C@@H](C)O)NC(=O)[C@H]([C@@H](C)O)NC(=O)[C@H](CCCCN)NC(=O)[C@@H](Cc2c[nH]c3ccccc23)NC(=O)[C@H](Cc2ccccc2)NC1=O. The third-order valence-electron chi connectivity index (χ3n) is 12.2. The van der Waals surface area contributed by atoms with Gasteiger partial charge in [-0.3, -0.25) is 38.4 Å². The van der Waals surface area contributed by atoms with Crippen LogP contribution in [0.2, 0.25) is 0 Å². The number of aliphatic hydroxyl groups excluding tert-OH is 2. The maximum atomic E-state index is 14.8. The van der Waals surface area contributed by atoms with Crippen molar-refractivity contribution < 1.29 is 53.7 Å². The second-order valence-electron chi connectivity index (χ2n) is 18.0. The van der Waals surface area contributed by atoms with Crippen LogP contribution in [0.3, 0.4) is 0 Å². The average molecular weight is 1060 g/mol. The van der Waals surface area contributed by atoms with Gasteiger partial charge >= 0.3 is 0 Å². The van der Waals surface area contributed by atoms with E-state index >= 15 is 0 Å². The molecule has 0 unspecified atom stereocenters. The number of aliphatic hydroxyl groups is 2. The predicted molar refractivity (Wildman–Crippen MR) is 281 cm³/mol. The molecule has 5 rings (SSSR count). The van der Waals surface area contributed by atoms with Crippen molar-refractivity contribution in [1.82, 2.24) is 47.5 Å². The molecule has 22 nitrogen and oxygen atoms in total. The number of primary amides is 1. The second-order valence-corrected chi connectivity index (χ2v) is 20.5. The Morgan fingerprint density at radius 3 is 2.00 bits per heavy atom. The van der Waals surface area contributed by atoms with Crippen molar-refractivity contribution >= 4 is 79.7 Å². The number of para-hydroxylation sites is 1. The molecular formula is C50H67N11O11S2. The van der Waals surface area contributed by atoms with Gasteiger partial charge in [-0.15, -0.1) is 0 Å². The number of carbonyl (C=O) groups excluding carboxylic acids is 8. The summed E-state index contributed by atoms with van der Waals surface area (Å²) >= 11 is 0. The summed E-state index contributed by atoms with van der Waals surface area (Å²) in [7, 11) is 3.52. The fourth-order valence-electron chi connectivity index (χ4n) is 8.04. The van der Waals surface area contributed by atoms with Crippen LogP contribution in [0.5, 0.6) is 5.75 Å². The van der Waals surface area contributed by atoms with E-state index in [0.717, 1.165) is 32.5 Å². The van der Waals surface area contributed by atoms with Gasteiger partial charge in [0.15, 0.2) is 0 Å². The molecule has 0 aliphatic carbocycles. The molecule has 2 heterocycles. The summed E-state index contributed by atoms with van der Waals surface area (Å²) in [6.45, 7) is 2.69. The number of phenolic OH excluding ortho intramolecular Hbond substituents is 1. The lowest BCUT2D eigenvalue weighted by atomic mass is 10.0. The maximum absolute atomic E-state index is 14.8. The zero-order valence-corrected chi connectivity index (χ0v) is 42.9. The molecule has 10 atom stereocenters. The third-order valence-corrected chi connectivity index (χ3v) is 14.7. The lowest BCUT2D eigenvalue weighted by molar-refractivity contribution is -0.137. The molecule has 1 aromatic heterocycles. The molecule has 0 spiro atoms. The number of unbranched alkanes of at least 4 members (excludes halogenated alkanes) is 1. The topological polar surface area (TPSA) is 361 Å². The van der Waals surface area contributed by atoms with Crippen molar-refractivity contribution in [2.24, 2.45) is 11.5 Å². The van der Waals surface area contributed by atoms with Gasteiger partial charge in [-0.25, -0.2) is 0 Å². The largest absolute Gasteiger partial charge is 0.508 e. The van der Waals surface area contributed by atoms with Crippen LogP contribution < -0.4 is 54.0 Å². The first-order chi connectivity index (χ1) is 35.4. The number of benzene rings is 3. The molecule has 16 N–H and O–H groups in total. The van der Waals surface area contributed by atoms with Crippen LogP contribution in [0.4, 0.5) is 0 Å². The first-order valence-corrected chi connectivity index (χ1v) is 26.6. The Balaban J connectivity index is 1.58. The molecule has 1 aliphatic heterocycles. The number of phenols is 1. The van der Waals surface area contributed by atoms with Crippen molar-refractivity contribution in [1.29, 1.82) is 0 Å². The average Bonchev–Trinajstić information content (AvgIpc) is 3.78. The Morgan fingerprint density at radius 1 is 0.730 bits per heavy atom. The molecule has 1 saturated heterocycles. The normalized spacial score (nSPS) is 22.3. The first-order valence-electron chi connectivity index (χ1n) is 24.2. The Morgan fingerprint density at radius 2 is 1.35 bits per heavy atom. The highest BCUT2D eigenvalue weighted by Crippen LogP contribution is 2.25. The number of H-pyrrole nitrogens is 1. The third kappa shape index (κ3) is 17.2. The minimum Gasteiger partial charge on any atom is -0.508 e. The summed E-state index contributed by atoms with van der Waals surface area (Å²) < 4.78 is 0.